The lowest BCUT2D eigenvalue weighted by Gasteiger charge is -2.22. The Kier molecular flexibility index (Phi) is 3.63. The Hall–Kier alpha value is 0.140. The molecule has 0 radical (unpaired) electrons. The molecule has 78 valence electrons. The second-order valence-electron chi connectivity index (χ2n) is 4.07. The number of aryl methyl sites for hydroxylation is 1. The van der Waals surface area contributed by atoms with Crippen molar-refractivity contribution in [2.24, 2.45) is 5.92 Å². The van der Waals surface area contributed by atoms with Gasteiger partial charge in [0.2, 0.25) is 0 Å². The first-order chi connectivity index (χ1) is 6.77. The van der Waals surface area contributed by atoms with Crippen LogP contribution in [0.1, 0.15) is 23.3 Å². The van der Waals surface area contributed by atoms with Crippen LogP contribution in [0.3, 0.4) is 0 Å². The zero-order valence-corrected chi connectivity index (χ0v) is 10.9. The molecule has 2 heterocycles. The topological polar surface area (TPSA) is 12.0 Å². The van der Waals surface area contributed by atoms with Crippen molar-refractivity contribution in [1.29, 1.82) is 0 Å². The summed E-state index contributed by atoms with van der Waals surface area (Å²) in [6, 6.07) is 0. The fourth-order valence-electron chi connectivity index (χ4n) is 1.98. The van der Waals surface area contributed by atoms with E-state index in [1.807, 2.05) is 11.3 Å². The zero-order chi connectivity index (χ0) is 9.97. The van der Waals surface area contributed by atoms with Gasteiger partial charge in [-0.15, -0.1) is 11.3 Å². The van der Waals surface area contributed by atoms with E-state index in [0.29, 0.717) is 0 Å². The van der Waals surface area contributed by atoms with E-state index in [0.717, 1.165) is 5.92 Å². The minimum absolute atomic E-state index is 0.845. The molecule has 0 spiro atoms. The van der Waals surface area contributed by atoms with Gasteiger partial charge in [0, 0.05) is 9.35 Å². The van der Waals surface area contributed by atoms with E-state index < -0.39 is 0 Å². The molecule has 0 aliphatic carbocycles. The van der Waals surface area contributed by atoms with E-state index in [2.05, 4.69) is 33.6 Å². The fraction of sp³-hybridized carbons (Fsp3) is 0.636. The molecule has 1 nitrogen and oxygen atoms in total. The highest BCUT2D eigenvalue weighted by atomic mass is 79.9. The number of rotatable bonds is 2. The molecule has 0 bridgehead atoms. The highest BCUT2D eigenvalue weighted by Gasteiger charge is 2.16. The number of hydrogen-bond donors (Lipinski definition) is 1. The van der Waals surface area contributed by atoms with Crippen molar-refractivity contribution in [1.82, 2.24) is 5.32 Å². The van der Waals surface area contributed by atoms with Gasteiger partial charge in [0.05, 0.1) is 0 Å². The normalized spacial score (nSPS) is 22.6. The Morgan fingerprint density at radius 3 is 3.07 bits per heavy atom. The summed E-state index contributed by atoms with van der Waals surface area (Å²) in [6.07, 6.45) is 3.97. The van der Waals surface area contributed by atoms with Gasteiger partial charge in [0.25, 0.3) is 0 Å². The second kappa shape index (κ2) is 4.77. The quantitative estimate of drug-likeness (QED) is 0.872. The van der Waals surface area contributed by atoms with Crippen LogP contribution in [0, 0.1) is 12.8 Å². The molecule has 0 amide bonds. The van der Waals surface area contributed by atoms with Gasteiger partial charge in [-0.1, -0.05) is 0 Å². The predicted octanol–water partition coefficient (Wildman–Crippen LogP) is 3.36. The summed E-state index contributed by atoms with van der Waals surface area (Å²) in [5.74, 6) is 0.845. The molecule has 0 aromatic carbocycles. The first kappa shape index (κ1) is 10.7. The van der Waals surface area contributed by atoms with Crippen LogP contribution in [0.5, 0.6) is 0 Å². The molecule has 3 heteroatoms. The number of halogens is 1. The summed E-state index contributed by atoms with van der Waals surface area (Å²) in [5, 5.41) is 5.72. The van der Waals surface area contributed by atoms with E-state index in [1.54, 1.807) is 0 Å². The molecule has 14 heavy (non-hydrogen) atoms. The Balaban J connectivity index is 1.99. The summed E-state index contributed by atoms with van der Waals surface area (Å²) < 4.78 is 1.34. The largest absolute Gasteiger partial charge is 0.316 e. The average Bonchev–Trinajstić information content (AvgIpc) is 2.52. The summed E-state index contributed by atoms with van der Waals surface area (Å²) >= 11 is 5.56. The number of hydrogen-bond acceptors (Lipinski definition) is 2. The van der Waals surface area contributed by atoms with E-state index in [-0.39, 0.29) is 0 Å². The van der Waals surface area contributed by atoms with E-state index >= 15 is 0 Å². The van der Waals surface area contributed by atoms with Crippen LogP contribution < -0.4 is 5.32 Å². The van der Waals surface area contributed by atoms with Crippen LogP contribution in [0.25, 0.3) is 0 Å². The number of thiophene rings is 1. The lowest BCUT2D eigenvalue weighted by atomic mass is 9.95. The summed E-state index contributed by atoms with van der Waals surface area (Å²) in [4.78, 5) is 1.52. The van der Waals surface area contributed by atoms with Gasteiger partial charge in [0.1, 0.15) is 0 Å². The smallest absolute Gasteiger partial charge is 0.0343 e. The van der Waals surface area contributed by atoms with Gasteiger partial charge < -0.3 is 5.32 Å². The molecule has 1 fully saturated rings. The van der Waals surface area contributed by atoms with Crippen LogP contribution in [0.15, 0.2) is 9.85 Å². The minimum Gasteiger partial charge on any atom is -0.316 e. The summed E-state index contributed by atoms with van der Waals surface area (Å²) in [6.45, 7) is 4.58. The van der Waals surface area contributed by atoms with Crippen molar-refractivity contribution in [2.75, 3.05) is 13.1 Å². The van der Waals surface area contributed by atoms with Gasteiger partial charge in [-0.05, 0) is 72.1 Å². The molecular weight excluding hydrogens is 258 g/mol. The van der Waals surface area contributed by atoms with Gasteiger partial charge in [-0.2, -0.15) is 0 Å². The molecule has 1 atom stereocenters. The Labute approximate surface area is 98.0 Å². The lowest BCUT2D eigenvalue weighted by molar-refractivity contribution is 0.377. The standard InChI is InChI=1S/C11H16BrNS/c1-8-7-14-10(11(8)12)5-9-3-2-4-13-6-9/h7,9,13H,2-6H2,1H3. The molecule has 1 aliphatic heterocycles. The van der Waals surface area contributed by atoms with Gasteiger partial charge in [0.15, 0.2) is 0 Å². The molecule has 1 aromatic heterocycles. The van der Waals surface area contributed by atoms with Crippen molar-refractivity contribution in [3.8, 4) is 0 Å². The zero-order valence-electron chi connectivity index (χ0n) is 8.48. The van der Waals surface area contributed by atoms with Crippen LogP contribution in [0.2, 0.25) is 0 Å². The van der Waals surface area contributed by atoms with Crippen molar-refractivity contribution >= 4 is 27.3 Å². The maximum atomic E-state index is 3.67. The van der Waals surface area contributed by atoms with Crippen LogP contribution >= 0.6 is 27.3 Å². The highest BCUT2D eigenvalue weighted by Crippen LogP contribution is 2.30. The average molecular weight is 274 g/mol. The Bertz CT molecular complexity index is 302. The Morgan fingerprint density at radius 1 is 1.64 bits per heavy atom. The van der Waals surface area contributed by atoms with E-state index in [4.69, 9.17) is 0 Å². The molecule has 1 unspecified atom stereocenters. The fourth-order valence-corrected chi connectivity index (χ4v) is 3.72. The third-order valence-electron chi connectivity index (χ3n) is 2.84. The molecule has 1 saturated heterocycles. The van der Waals surface area contributed by atoms with E-state index in [1.165, 1.54) is 47.3 Å². The van der Waals surface area contributed by atoms with Crippen molar-refractivity contribution in [2.45, 2.75) is 26.2 Å². The first-order valence-electron chi connectivity index (χ1n) is 5.20. The van der Waals surface area contributed by atoms with Crippen molar-refractivity contribution < 1.29 is 0 Å². The third kappa shape index (κ3) is 2.38. The summed E-state index contributed by atoms with van der Waals surface area (Å²) in [5.41, 5.74) is 1.38. The van der Waals surface area contributed by atoms with Gasteiger partial charge in [-0.3, -0.25) is 0 Å². The molecule has 0 saturated carbocycles. The SMILES string of the molecule is Cc1csc(CC2CCCNC2)c1Br. The van der Waals surface area contributed by atoms with Gasteiger partial charge >= 0.3 is 0 Å². The van der Waals surface area contributed by atoms with Crippen molar-refractivity contribution in [3.05, 3.63) is 20.3 Å². The maximum Gasteiger partial charge on any atom is 0.0343 e. The monoisotopic (exact) mass is 273 g/mol. The van der Waals surface area contributed by atoms with E-state index in [9.17, 15) is 0 Å². The van der Waals surface area contributed by atoms with Gasteiger partial charge in [-0.25, -0.2) is 0 Å². The number of nitrogens with one attached hydrogen (secondary N) is 1. The van der Waals surface area contributed by atoms with Crippen LogP contribution in [-0.2, 0) is 6.42 Å². The van der Waals surface area contributed by atoms with Crippen LogP contribution in [0.4, 0.5) is 0 Å². The lowest BCUT2D eigenvalue weighted by Crippen LogP contribution is -2.30. The predicted molar refractivity (Wildman–Crippen MR) is 66.1 cm³/mol. The third-order valence-corrected chi connectivity index (χ3v) is 5.34. The molecule has 1 N–H and O–H groups in total. The first-order valence-corrected chi connectivity index (χ1v) is 6.88. The molecule has 1 aromatic rings. The Morgan fingerprint density at radius 2 is 2.50 bits per heavy atom. The second-order valence-corrected chi connectivity index (χ2v) is 5.83. The molecule has 1 aliphatic rings. The minimum atomic E-state index is 0.845. The van der Waals surface area contributed by atoms with Crippen molar-refractivity contribution in [3.63, 3.8) is 0 Å². The maximum absolute atomic E-state index is 3.67. The highest BCUT2D eigenvalue weighted by molar-refractivity contribution is 9.10. The van der Waals surface area contributed by atoms with Crippen LogP contribution in [-0.4, -0.2) is 13.1 Å². The molecule has 2 rings (SSSR count). The molecular formula is C11H16BrNS. The summed E-state index contributed by atoms with van der Waals surface area (Å²) in [7, 11) is 0. The number of piperidine rings is 1.